The number of aromatic amines is 1. The number of hydrogen-bond acceptors (Lipinski definition) is 5. The van der Waals surface area contributed by atoms with E-state index in [2.05, 4.69) is 20.6 Å². The number of hydrogen-bond donors (Lipinski definition) is 4. The van der Waals surface area contributed by atoms with Gasteiger partial charge in [0.2, 0.25) is 0 Å². The largest absolute Gasteiger partial charge is 0.493 e. The zero-order valence-corrected chi connectivity index (χ0v) is 18.7. The molecule has 1 aliphatic rings. The van der Waals surface area contributed by atoms with Gasteiger partial charge in [-0.25, -0.2) is 4.39 Å². The third-order valence-electron chi connectivity index (χ3n) is 5.39. The molecule has 2 aromatic heterocycles. The minimum atomic E-state index is -0.957. The first-order valence-electron chi connectivity index (χ1n) is 10.2. The Balaban J connectivity index is 1.93. The van der Waals surface area contributed by atoms with Crippen molar-refractivity contribution in [2.45, 2.75) is 31.8 Å². The predicted molar refractivity (Wildman–Crippen MR) is 121 cm³/mol. The third kappa shape index (κ3) is 4.16. The number of aromatic nitrogens is 2. The Bertz CT molecular complexity index is 1170. The van der Waals surface area contributed by atoms with E-state index < -0.39 is 11.4 Å². The summed E-state index contributed by atoms with van der Waals surface area (Å²) in [6.07, 6.45) is 3.00. The van der Waals surface area contributed by atoms with Crippen LogP contribution in [-0.2, 0) is 0 Å². The number of H-pyrrole nitrogens is 1. The zero-order chi connectivity index (χ0) is 23.0. The highest BCUT2D eigenvalue weighted by atomic mass is 35.5. The summed E-state index contributed by atoms with van der Waals surface area (Å²) in [5.74, 6) is -0.628. The molecule has 0 aliphatic carbocycles. The molecule has 0 fully saturated rings. The number of carbonyl (C=O) groups excluding carboxylic acids is 1. The van der Waals surface area contributed by atoms with Gasteiger partial charge in [0.25, 0.3) is 5.91 Å². The second-order valence-corrected chi connectivity index (χ2v) is 8.80. The number of nitrogens with zero attached hydrogens (tertiary/aromatic N) is 1. The van der Waals surface area contributed by atoms with Crippen LogP contribution in [0.25, 0.3) is 11.3 Å². The number of carbonyl (C=O) groups is 1. The Labute approximate surface area is 190 Å². The topological polar surface area (TPSA) is 99.3 Å². The molecule has 4 rings (SSSR count). The minimum Gasteiger partial charge on any atom is -0.493 e. The van der Waals surface area contributed by atoms with E-state index in [0.717, 1.165) is 6.20 Å². The molecule has 7 nitrogen and oxygen atoms in total. The van der Waals surface area contributed by atoms with Crippen LogP contribution in [0.15, 0.2) is 36.7 Å². The maximum Gasteiger partial charge on any atom is 0.255 e. The van der Waals surface area contributed by atoms with Crippen LogP contribution in [0.3, 0.4) is 0 Å². The third-order valence-corrected chi connectivity index (χ3v) is 5.69. The molecule has 0 saturated heterocycles. The van der Waals surface area contributed by atoms with Crippen molar-refractivity contribution in [2.75, 3.05) is 19.0 Å². The Kier molecular flexibility index (Phi) is 5.83. The van der Waals surface area contributed by atoms with Gasteiger partial charge in [-0.15, -0.1) is 0 Å². The molecule has 3 heterocycles. The summed E-state index contributed by atoms with van der Waals surface area (Å²) in [5, 5.41) is 16.9. The fourth-order valence-corrected chi connectivity index (χ4v) is 4.35. The van der Waals surface area contributed by atoms with E-state index in [0.29, 0.717) is 52.1 Å². The number of benzene rings is 1. The van der Waals surface area contributed by atoms with Crippen molar-refractivity contribution < 1.29 is 19.0 Å². The van der Waals surface area contributed by atoms with E-state index in [4.69, 9.17) is 16.3 Å². The number of halogens is 2. The average Bonchev–Trinajstić information content (AvgIpc) is 3.10. The quantitative estimate of drug-likeness (QED) is 0.432. The molecule has 32 heavy (non-hydrogen) atoms. The highest BCUT2D eigenvalue weighted by Crippen LogP contribution is 2.44. The zero-order valence-electron chi connectivity index (χ0n) is 17.9. The van der Waals surface area contributed by atoms with E-state index in [1.807, 2.05) is 0 Å². The van der Waals surface area contributed by atoms with Gasteiger partial charge in [0.15, 0.2) is 11.6 Å². The first kappa shape index (κ1) is 22.1. The predicted octanol–water partition coefficient (Wildman–Crippen LogP) is 4.61. The van der Waals surface area contributed by atoms with Gasteiger partial charge in [0, 0.05) is 29.9 Å². The minimum absolute atomic E-state index is 0.192. The SMILES string of the molecule is COc1c(Cl)cccc1Nc1c(-c2ccncc2F)[nH]c2c1C(=O)NC[C@H]2CC(C)(C)O. The Morgan fingerprint density at radius 2 is 2.16 bits per heavy atom. The van der Waals surface area contributed by atoms with Gasteiger partial charge in [0.05, 0.1) is 46.6 Å². The monoisotopic (exact) mass is 458 g/mol. The van der Waals surface area contributed by atoms with Crippen molar-refractivity contribution in [3.63, 3.8) is 0 Å². The number of amides is 1. The first-order valence-corrected chi connectivity index (χ1v) is 10.5. The van der Waals surface area contributed by atoms with Crippen LogP contribution < -0.4 is 15.4 Å². The lowest BCUT2D eigenvalue weighted by molar-refractivity contribution is 0.0601. The maximum atomic E-state index is 14.7. The first-order chi connectivity index (χ1) is 15.2. The number of nitrogens with one attached hydrogen (secondary N) is 3. The Hall–Kier alpha value is -3.10. The van der Waals surface area contributed by atoms with Gasteiger partial charge in [0.1, 0.15) is 0 Å². The molecule has 0 saturated carbocycles. The van der Waals surface area contributed by atoms with Crippen LogP contribution >= 0.6 is 11.6 Å². The number of fused-ring (bicyclic) bond motifs is 1. The molecule has 168 valence electrons. The molecular weight excluding hydrogens is 435 g/mol. The summed E-state index contributed by atoms with van der Waals surface area (Å²) in [5.41, 5.74) is 1.60. The van der Waals surface area contributed by atoms with Crippen LogP contribution in [0.1, 0.15) is 42.2 Å². The van der Waals surface area contributed by atoms with Crippen LogP contribution in [0.2, 0.25) is 5.02 Å². The molecule has 1 atom stereocenters. The van der Waals surface area contributed by atoms with E-state index in [9.17, 15) is 14.3 Å². The summed E-state index contributed by atoms with van der Waals surface area (Å²) < 4.78 is 20.2. The lowest BCUT2D eigenvalue weighted by Gasteiger charge is -2.28. The molecule has 1 aromatic carbocycles. The number of pyridine rings is 1. The number of aliphatic hydroxyl groups is 1. The van der Waals surface area contributed by atoms with Crippen LogP contribution in [0, 0.1) is 5.82 Å². The lowest BCUT2D eigenvalue weighted by Crippen LogP contribution is -2.38. The molecule has 0 spiro atoms. The van der Waals surface area contributed by atoms with E-state index in [1.54, 1.807) is 32.0 Å². The average molecular weight is 459 g/mol. The van der Waals surface area contributed by atoms with Gasteiger partial charge in [-0.05, 0) is 38.5 Å². The van der Waals surface area contributed by atoms with Gasteiger partial charge in [-0.1, -0.05) is 17.7 Å². The molecule has 0 radical (unpaired) electrons. The fraction of sp³-hybridized carbons (Fsp3) is 0.304. The summed E-state index contributed by atoms with van der Waals surface area (Å²) >= 11 is 6.27. The second-order valence-electron chi connectivity index (χ2n) is 8.39. The van der Waals surface area contributed by atoms with Crippen molar-refractivity contribution in [3.8, 4) is 17.0 Å². The van der Waals surface area contributed by atoms with Crippen molar-refractivity contribution in [3.05, 3.63) is 58.8 Å². The fourth-order valence-electron chi connectivity index (χ4n) is 4.10. The number of rotatable bonds is 6. The summed E-state index contributed by atoms with van der Waals surface area (Å²) in [6.45, 7) is 3.78. The van der Waals surface area contributed by atoms with Crippen LogP contribution in [-0.4, -0.2) is 40.2 Å². The molecule has 1 amide bonds. The van der Waals surface area contributed by atoms with Gasteiger partial charge < -0.3 is 25.5 Å². The molecule has 1 aliphatic heterocycles. The van der Waals surface area contributed by atoms with Crippen molar-refractivity contribution in [1.29, 1.82) is 0 Å². The molecular formula is C23H24ClFN4O3. The second kappa shape index (κ2) is 8.44. The highest BCUT2D eigenvalue weighted by Gasteiger charge is 2.35. The van der Waals surface area contributed by atoms with Gasteiger partial charge in [-0.3, -0.25) is 9.78 Å². The number of methoxy groups -OCH3 is 1. The number of para-hydroxylation sites is 1. The molecule has 0 unspecified atom stereocenters. The highest BCUT2D eigenvalue weighted by molar-refractivity contribution is 6.32. The summed E-state index contributed by atoms with van der Waals surface area (Å²) in [7, 11) is 1.49. The maximum absolute atomic E-state index is 14.7. The lowest BCUT2D eigenvalue weighted by atomic mass is 9.87. The smallest absolute Gasteiger partial charge is 0.255 e. The van der Waals surface area contributed by atoms with Crippen molar-refractivity contribution >= 4 is 28.9 Å². The van der Waals surface area contributed by atoms with E-state index in [1.165, 1.54) is 19.4 Å². The van der Waals surface area contributed by atoms with Gasteiger partial charge >= 0.3 is 0 Å². The van der Waals surface area contributed by atoms with E-state index in [-0.39, 0.29) is 17.4 Å². The van der Waals surface area contributed by atoms with E-state index >= 15 is 0 Å². The standard InChI is InChI=1S/C23H24ClFN4O3/c1-23(2,31)9-12-10-27-22(30)17-18(12)29-19(13-7-8-26-11-15(13)25)20(17)28-16-6-4-5-14(24)21(16)32-3/h4-8,11-12,28-29,31H,9-10H2,1-3H3,(H,27,30)/t12-/m1/s1. The van der Waals surface area contributed by atoms with Crippen molar-refractivity contribution in [1.82, 2.24) is 15.3 Å². The van der Waals surface area contributed by atoms with Crippen molar-refractivity contribution in [2.24, 2.45) is 0 Å². The molecule has 0 bridgehead atoms. The van der Waals surface area contributed by atoms with Gasteiger partial charge in [-0.2, -0.15) is 0 Å². The van der Waals surface area contributed by atoms with Crippen LogP contribution in [0.5, 0.6) is 5.75 Å². The summed E-state index contributed by atoms with van der Waals surface area (Å²) in [6, 6.07) is 6.73. The Morgan fingerprint density at radius 1 is 1.38 bits per heavy atom. The molecule has 4 N–H and O–H groups in total. The van der Waals surface area contributed by atoms with Crippen LogP contribution in [0.4, 0.5) is 15.8 Å². The molecule has 3 aromatic rings. The number of ether oxygens (including phenoxy) is 1. The molecule has 9 heteroatoms. The summed E-state index contributed by atoms with van der Waals surface area (Å²) in [4.78, 5) is 20.0. The number of anilines is 2. The Morgan fingerprint density at radius 3 is 2.84 bits per heavy atom. The normalized spacial score (nSPS) is 15.8.